The molecule has 1 aromatic heterocycles. The molecule has 36 heavy (non-hydrogen) atoms. The van der Waals surface area contributed by atoms with Crippen molar-refractivity contribution < 1.29 is 33.6 Å². The molecule has 0 spiro atoms. The molecule has 2 N–H and O–H groups in total. The molecule has 11 nitrogen and oxygen atoms in total. The Morgan fingerprint density at radius 2 is 1.61 bits per heavy atom. The second-order valence-corrected chi connectivity index (χ2v) is 7.79. The van der Waals surface area contributed by atoms with Crippen LogP contribution in [-0.4, -0.2) is 85.8 Å². The molecule has 3 aromatic rings. The average molecular weight is 498 g/mol. The van der Waals surface area contributed by atoms with Crippen molar-refractivity contribution in [3.63, 3.8) is 0 Å². The second kappa shape index (κ2) is 12.4. The van der Waals surface area contributed by atoms with Gasteiger partial charge < -0.3 is 29.4 Å². The molecule has 2 heterocycles. The van der Waals surface area contributed by atoms with E-state index in [4.69, 9.17) is 24.1 Å². The van der Waals surface area contributed by atoms with Gasteiger partial charge in [-0.05, 0) is 30.3 Å². The fourth-order valence-electron chi connectivity index (χ4n) is 3.70. The molecule has 11 heteroatoms. The van der Waals surface area contributed by atoms with Gasteiger partial charge in [-0.25, -0.2) is 4.98 Å². The van der Waals surface area contributed by atoms with Gasteiger partial charge in [-0.3, -0.25) is 19.0 Å². The van der Waals surface area contributed by atoms with Gasteiger partial charge in [-0.1, -0.05) is 12.1 Å². The first kappa shape index (κ1) is 25.5. The van der Waals surface area contributed by atoms with E-state index in [-0.39, 0.29) is 50.1 Å². The van der Waals surface area contributed by atoms with Gasteiger partial charge >= 0.3 is 5.97 Å². The minimum Gasteiger partial charge on any atom is -0.462 e. The Balaban J connectivity index is 1.23. The highest BCUT2D eigenvalue weighted by atomic mass is 16.6. The van der Waals surface area contributed by atoms with E-state index in [1.807, 2.05) is 0 Å². The summed E-state index contributed by atoms with van der Waals surface area (Å²) in [6, 6.07) is 11.8. The van der Waals surface area contributed by atoms with Crippen LogP contribution in [0.1, 0.15) is 16.2 Å². The van der Waals surface area contributed by atoms with Gasteiger partial charge in [-0.15, -0.1) is 0 Å². The Kier molecular flexibility index (Phi) is 8.74. The molecule has 2 aromatic carbocycles. The summed E-state index contributed by atoms with van der Waals surface area (Å²) in [7, 11) is 0. The Labute approximate surface area is 206 Å². The van der Waals surface area contributed by atoms with E-state index in [0.717, 1.165) is 0 Å². The van der Waals surface area contributed by atoms with Crippen LogP contribution >= 0.6 is 0 Å². The van der Waals surface area contributed by atoms with Crippen LogP contribution in [0.3, 0.4) is 0 Å². The number of anilines is 1. The third-order valence-corrected chi connectivity index (χ3v) is 5.37. The van der Waals surface area contributed by atoms with Gasteiger partial charge in [0, 0.05) is 5.69 Å². The molecular weight excluding hydrogens is 470 g/mol. The Hall–Kier alpha value is -3.64. The fraction of sp³-hybridized carbons (Fsp3) is 0.360. The Morgan fingerprint density at radius 1 is 0.917 bits per heavy atom. The molecule has 0 atom stereocenters. The van der Waals surface area contributed by atoms with Crippen molar-refractivity contribution in [1.82, 2.24) is 9.55 Å². The molecule has 4 rings (SSSR count). The molecule has 0 fully saturated rings. The molecule has 0 unspecified atom stereocenters. The standard InChI is InChI=1S/C25H27N3O8/c29-7-8-33-9-10-34-11-12-35-13-14-36-22(30)16-26-17-5-6-20-19(15-17)25(32)28-21-4-2-1-3-18(21)23(31)24(28)27-20/h1-6,15,26,29H,7-14,16H2. The quantitative estimate of drug-likeness (QED) is 0.191. The van der Waals surface area contributed by atoms with E-state index in [1.165, 1.54) is 4.57 Å². The first-order valence-corrected chi connectivity index (χ1v) is 11.5. The highest BCUT2D eigenvalue weighted by molar-refractivity contribution is 6.13. The number of aliphatic hydroxyl groups excluding tert-OH is 1. The van der Waals surface area contributed by atoms with Crippen LogP contribution in [-0.2, 0) is 23.7 Å². The lowest BCUT2D eigenvalue weighted by molar-refractivity contribution is -0.143. The normalized spacial score (nSPS) is 12.0. The van der Waals surface area contributed by atoms with Crippen LogP contribution in [0.25, 0.3) is 16.6 Å². The number of benzene rings is 2. The molecule has 0 amide bonds. The molecule has 0 bridgehead atoms. The number of hydrogen-bond donors (Lipinski definition) is 2. The van der Waals surface area contributed by atoms with Crippen molar-refractivity contribution in [3.8, 4) is 5.69 Å². The zero-order valence-electron chi connectivity index (χ0n) is 19.6. The number of rotatable bonds is 14. The van der Waals surface area contributed by atoms with Crippen molar-refractivity contribution in [2.75, 3.05) is 64.7 Å². The molecular formula is C25H27N3O8. The van der Waals surface area contributed by atoms with Gasteiger partial charge in [0.25, 0.3) is 5.56 Å². The van der Waals surface area contributed by atoms with Crippen LogP contribution in [0.2, 0.25) is 0 Å². The topological polar surface area (TPSA) is 138 Å². The lowest BCUT2D eigenvalue weighted by atomic mass is 10.1. The summed E-state index contributed by atoms with van der Waals surface area (Å²) in [4.78, 5) is 42.2. The number of carbonyl (C=O) groups is 2. The summed E-state index contributed by atoms with van der Waals surface area (Å²) in [6.45, 7) is 2.08. The number of aliphatic hydroxyl groups is 1. The lowest BCUT2D eigenvalue weighted by Crippen LogP contribution is -2.22. The maximum atomic E-state index is 13.2. The number of para-hydroxylation sites is 1. The number of carbonyl (C=O) groups excluding carboxylic acids is 2. The third kappa shape index (κ3) is 5.94. The first-order chi connectivity index (χ1) is 17.6. The third-order valence-electron chi connectivity index (χ3n) is 5.37. The number of hydrogen-bond acceptors (Lipinski definition) is 10. The lowest BCUT2D eigenvalue weighted by Gasteiger charge is -2.10. The molecule has 0 saturated carbocycles. The van der Waals surface area contributed by atoms with Crippen molar-refractivity contribution in [1.29, 1.82) is 0 Å². The molecule has 190 valence electrons. The number of ketones is 1. The molecule has 0 aliphatic carbocycles. The first-order valence-electron chi connectivity index (χ1n) is 11.5. The predicted molar refractivity (Wildman–Crippen MR) is 130 cm³/mol. The highest BCUT2D eigenvalue weighted by Crippen LogP contribution is 2.26. The average Bonchev–Trinajstić information content (AvgIpc) is 3.18. The minimum atomic E-state index is -0.473. The summed E-state index contributed by atoms with van der Waals surface area (Å²) < 4.78 is 22.1. The van der Waals surface area contributed by atoms with E-state index >= 15 is 0 Å². The van der Waals surface area contributed by atoms with E-state index < -0.39 is 5.97 Å². The SMILES string of the molecule is O=C(CNc1ccc2nc3n(c(=O)c2c1)-c1ccccc1C3=O)OCCOCCOCCOCCO. The van der Waals surface area contributed by atoms with Crippen molar-refractivity contribution in [2.24, 2.45) is 0 Å². The van der Waals surface area contributed by atoms with Gasteiger partial charge in [0.15, 0.2) is 5.82 Å². The van der Waals surface area contributed by atoms with Gasteiger partial charge in [0.05, 0.1) is 68.4 Å². The van der Waals surface area contributed by atoms with Crippen LogP contribution < -0.4 is 10.9 Å². The van der Waals surface area contributed by atoms with Crippen LogP contribution in [0.15, 0.2) is 47.3 Å². The number of fused-ring (bicyclic) bond motifs is 4. The fourth-order valence-corrected chi connectivity index (χ4v) is 3.70. The highest BCUT2D eigenvalue weighted by Gasteiger charge is 2.29. The van der Waals surface area contributed by atoms with E-state index in [2.05, 4.69) is 10.3 Å². The zero-order chi connectivity index (χ0) is 25.3. The summed E-state index contributed by atoms with van der Waals surface area (Å²) in [5.74, 6) is -0.659. The maximum absolute atomic E-state index is 13.2. The monoisotopic (exact) mass is 497 g/mol. The predicted octanol–water partition coefficient (Wildman–Crippen LogP) is 0.927. The van der Waals surface area contributed by atoms with Crippen LogP contribution in [0.4, 0.5) is 5.69 Å². The minimum absolute atomic E-state index is 0.0163. The van der Waals surface area contributed by atoms with Crippen molar-refractivity contribution >= 4 is 28.3 Å². The Bertz CT molecular complexity index is 1290. The Morgan fingerprint density at radius 3 is 2.36 bits per heavy atom. The van der Waals surface area contributed by atoms with E-state index in [9.17, 15) is 14.4 Å². The molecule has 0 radical (unpaired) electrons. The van der Waals surface area contributed by atoms with Gasteiger partial charge in [0.1, 0.15) is 13.2 Å². The summed E-state index contributed by atoms with van der Waals surface area (Å²) >= 11 is 0. The van der Waals surface area contributed by atoms with Crippen LogP contribution in [0.5, 0.6) is 0 Å². The van der Waals surface area contributed by atoms with Gasteiger partial charge in [-0.2, -0.15) is 0 Å². The van der Waals surface area contributed by atoms with E-state index in [0.29, 0.717) is 54.3 Å². The molecule has 1 aliphatic heterocycles. The number of nitrogens with zero attached hydrogens (tertiary/aromatic N) is 2. The van der Waals surface area contributed by atoms with E-state index in [1.54, 1.807) is 42.5 Å². The summed E-state index contributed by atoms with van der Waals surface area (Å²) in [6.07, 6.45) is 0. The van der Waals surface area contributed by atoms with Crippen LogP contribution in [0, 0.1) is 0 Å². The maximum Gasteiger partial charge on any atom is 0.325 e. The van der Waals surface area contributed by atoms with Crippen molar-refractivity contribution in [2.45, 2.75) is 0 Å². The number of esters is 1. The van der Waals surface area contributed by atoms with Crippen molar-refractivity contribution in [3.05, 3.63) is 64.2 Å². The largest absolute Gasteiger partial charge is 0.462 e. The van der Waals surface area contributed by atoms with Gasteiger partial charge in [0.2, 0.25) is 5.78 Å². The number of nitrogens with one attached hydrogen (secondary N) is 1. The second-order valence-electron chi connectivity index (χ2n) is 7.79. The molecule has 1 aliphatic rings. The summed E-state index contributed by atoms with van der Waals surface area (Å²) in [5.41, 5.74) is 1.56. The molecule has 0 saturated heterocycles. The number of ether oxygens (including phenoxy) is 4. The zero-order valence-corrected chi connectivity index (χ0v) is 19.6. The smallest absolute Gasteiger partial charge is 0.325 e. The number of aromatic nitrogens is 2. The summed E-state index contributed by atoms with van der Waals surface area (Å²) in [5, 5.41) is 11.9.